The molecule has 96 valence electrons. The summed E-state index contributed by atoms with van der Waals surface area (Å²) in [5.74, 6) is -0.370. The van der Waals surface area contributed by atoms with E-state index < -0.39 is 0 Å². The van der Waals surface area contributed by atoms with E-state index in [2.05, 4.69) is 10.3 Å². The van der Waals surface area contributed by atoms with Crippen LogP contribution < -0.4 is 5.73 Å². The zero-order valence-electron chi connectivity index (χ0n) is 10.1. The molecule has 0 spiro atoms. The summed E-state index contributed by atoms with van der Waals surface area (Å²) in [6, 6.07) is 0. The molecule has 1 unspecified atom stereocenters. The second kappa shape index (κ2) is 6.97. The van der Waals surface area contributed by atoms with Gasteiger partial charge in [-0.25, -0.2) is 4.68 Å². The summed E-state index contributed by atoms with van der Waals surface area (Å²) < 4.78 is 11.7. The maximum absolute atomic E-state index is 11.5. The number of carbonyl (C=O) groups is 1. The highest BCUT2D eigenvalue weighted by Gasteiger charge is 2.11. The van der Waals surface area contributed by atoms with E-state index in [-0.39, 0.29) is 18.6 Å². The minimum atomic E-state index is -0.370. The highest BCUT2D eigenvalue weighted by Crippen LogP contribution is 1.96. The number of hydrogen-bond donors (Lipinski definition) is 1. The molecule has 0 fully saturated rings. The molecule has 0 aromatic carbocycles. The Morgan fingerprint density at radius 1 is 1.65 bits per heavy atom. The highest BCUT2D eigenvalue weighted by atomic mass is 16.6. The lowest BCUT2D eigenvalue weighted by Crippen LogP contribution is -2.23. The molecule has 0 saturated heterocycles. The predicted octanol–water partition coefficient (Wildman–Crippen LogP) is -0.295. The molecule has 1 atom stereocenters. The van der Waals surface area contributed by atoms with Crippen LogP contribution in [0.3, 0.4) is 0 Å². The van der Waals surface area contributed by atoms with Crippen molar-refractivity contribution in [3.8, 4) is 0 Å². The first-order chi connectivity index (χ1) is 8.15. The molecule has 17 heavy (non-hydrogen) atoms. The molecular formula is C10H18N4O3. The van der Waals surface area contributed by atoms with Crippen LogP contribution in [0.5, 0.6) is 0 Å². The molecule has 7 heteroatoms. The molecule has 2 N–H and O–H groups in total. The Morgan fingerprint density at radius 2 is 2.41 bits per heavy atom. The van der Waals surface area contributed by atoms with Crippen LogP contribution in [-0.2, 0) is 27.4 Å². The molecule has 0 aliphatic carbocycles. The van der Waals surface area contributed by atoms with E-state index in [1.807, 2.05) is 6.92 Å². The lowest BCUT2D eigenvalue weighted by atomic mass is 10.4. The summed E-state index contributed by atoms with van der Waals surface area (Å²) in [6.07, 6.45) is 1.36. The van der Waals surface area contributed by atoms with E-state index in [9.17, 15) is 4.79 Å². The Hall–Kier alpha value is -1.47. The first-order valence-electron chi connectivity index (χ1n) is 5.52. The van der Waals surface area contributed by atoms with Gasteiger partial charge in [0.05, 0.1) is 18.5 Å². The fourth-order valence-electron chi connectivity index (χ4n) is 1.22. The summed E-state index contributed by atoms with van der Waals surface area (Å²) in [5.41, 5.74) is 6.02. The Bertz CT molecular complexity index is 353. The number of aromatic nitrogens is 3. The van der Waals surface area contributed by atoms with Gasteiger partial charge >= 0.3 is 5.97 Å². The molecule has 1 aromatic rings. The van der Waals surface area contributed by atoms with Gasteiger partial charge in [-0.2, -0.15) is 0 Å². The van der Waals surface area contributed by atoms with Gasteiger partial charge in [0.15, 0.2) is 0 Å². The van der Waals surface area contributed by atoms with Gasteiger partial charge < -0.3 is 15.2 Å². The van der Waals surface area contributed by atoms with Gasteiger partial charge in [-0.1, -0.05) is 5.21 Å². The van der Waals surface area contributed by atoms with Crippen LogP contribution in [0, 0.1) is 0 Å². The fraction of sp³-hybridized carbons (Fsp3) is 0.700. The third kappa shape index (κ3) is 4.92. The Kier molecular flexibility index (Phi) is 5.58. The van der Waals surface area contributed by atoms with Crippen molar-refractivity contribution in [1.29, 1.82) is 0 Å². The van der Waals surface area contributed by atoms with Gasteiger partial charge in [0.2, 0.25) is 0 Å². The zero-order chi connectivity index (χ0) is 12.7. The quantitative estimate of drug-likeness (QED) is 0.660. The monoisotopic (exact) mass is 242 g/mol. The number of nitrogens with zero attached hydrogens (tertiary/aromatic N) is 3. The first kappa shape index (κ1) is 13.6. The summed E-state index contributed by atoms with van der Waals surface area (Å²) in [7, 11) is 0. The minimum Gasteiger partial charge on any atom is -0.459 e. The van der Waals surface area contributed by atoms with E-state index in [0.717, 1.165) is 0 Å². The number of ether oxygens (including phenoxy) is 2. The average Bonchev–Trinajstić information content (AvgIpc) is 2.73. The molecule has 1 aromatic heterocycles. The van der Waals surface area contributed by atoms with Gasteiger partial charge in [0.25, 0.3) is 0 Å². The Labute approximate surface area is 99.9 Å². The molecule has 7 nitrogen and oxygen atoms in total. The second-order valence-corrected chi connectivity index (χ2v) is 3.57. The molecule has 1 heterocycles. The van der Waals surface area contributed by atoms with Crippen LogP contribution in [0.4, 0.5) is 0 Å². The van der Waals surface area contributed by atoms with Crippen molar-refractivity contribution in [2.24, 2.45) is 5.73 Å². The van der Waals surface area contributed by atoms with Crippen molar-refractivity contribution in [2.45, 2.75) is 33.0 Å². The van der Waals surface area contributed by atoms with E-state index >= 15 is 0 Å². The van der Waals surface area contributed by atoms with Crippen LogP contribution in [0.2, 0.25) is 0 Å². The lowest BCUT2D eigenvalue weighted by molar-refractivity contribution is -0.151. The van der Waals surface area contributed by atoms with Crippen molar-refractivity contribution in [2.75, 3.05) is 13.2 Å². The number of hydrogen-bond acceptors (Lipinski definition) is 6. The Balaban J connectivity index is 2.33. The molecule has 0 bridgehead atoms. The fourth-order valence-corrected chi connectivity index (χ4v) is 1.22. The van der Waals surface area contributed by atoms with Crippen molar-refractivity contribution in [1.82, 2.24) is 15.0 Å². The van der Waals surface area contributed by atoms with E-state index in [0.29, 0.717) is 25.5 Å². The summed E-state index contributed by atoms with van der Waals surface area (Å²) >= 11 is 0. The number of rotatable bonds is 7. The largest absolute Gasteiger partial charge is 0.459 e. The zero-order valence-corrected chi connectivity index (χ0v) is 10.1. The van der Waals surface area contributed by atoms with Crippen LogP contribution >= 0.6 is 0 Å². The first-order valence-corrected chi connectivity index (χ1v) is 5.52. The van der Waals surface area contributed by atoms with Gasteiger partial charge in [-0.05, 0) is 13.8 Å². The van der Waals surface area contributed by atoms with Gasteiger partial charge in [-0.3, -0.25) is 4.79 Å². The predicted molar refractivity (Wildman–Crippen MR) is 60.0 cm³/mol. The molecule has 0 aliphatic rings. The SMILES string of the molecule is CCOCC(C)OC(=O)Cn1cc(CN)nn1. The van der Waals surface area contributed by atoms with Crippen LogP contribution in [-0.4, -0.2) is 40.3 Å². The van der Waals surface area contributed by atoms with E-state index in [4.69, 9.17) is 15.2 Å². The standard InChI is InChI=1S/C10H18N4O3/c1-3-16-7-8(2)17-10(15)6-14-5-9(4-11)12-13-14/h5,8H,3-4,6-7,11H2,1-2H3. The Morgan fingerprint density at radius 3 is 3.00 bits per heavy atom. The van der Waals surface area contributed by atoms with Crippen molar-refractivity contribution in [3.63, 3.8) is 0 Å². The van der Waals surface area contributed by atoms with Gasteiger partial charge in [0.1, 0.15) is 12.6 Å². The average molecular weight is 242 g/mol. The molecule has 0 radical (unpaired) electrons. The maximum atomic E-state index is 11.5. The van der Waals surface area contributed by atoms with Crippen molar-refractivity contribution >= 4 is 5.97 Å². The van der Waals surface area contributed by atoms with Crippen LogP contribution in [0.25, 0.3) is 0 Å². The van der Waals surface area contributed by atoms with Gasteiger partial charge in [-0.15, -0.1) is 5.10 Å². The smallest absolute Gasteiger partial charge is 0.328 e. The van der Waals surface area contributed by atoms with E-state index in [1.165, 1.54) is 4.68 Å². The second-order valence-electron chi connectivity index (χ2n) is 3.57. The maximum Gasteiger partial charge on any atom is 0.328 e. The third-order valence-electron chi connectivity index (χ3n) is 1.98. The van der Waals surface area contributed by atoms with Crippen LogP contribution in [0.15, 0.2) is 6.20 Å². The summed E-state index contributed by atoms with van der Waals surface area (Å²) in [5, 5.41) is 7.52. The van der Waals surface area contributed by atoms with Crippen LogP contribution in [0.1, 0.15) is 19.5 Å². The number of nitrogens with two attached hydrogens (primary N) is 1. The van der Waals surface area contributed by atoms with Crippen molar-refractivity contribution < 1.29 is 14.3 Å². The summed E-state index contributed by atoms with van der Waals surface area (Å²) in [6.45, 7) is 5.00. The molecule has 0 saturated carbocycles. The number of carbonyl (C=O) groups excluding carboxylic acids is 1. The van der Waals surface area contributed by atoms with E-state index in [1.54, 1.807) is 13.1 Å². The highest BCUT2D eigenvalue weighted by molar-refractivity contribution is 5.69. The topological polar surface area (TPSA) is 92.3 Å². The molecule has 0 aliphatic heterocycles. The van der Waals surface area contributed by atoms with Gasteiger partial charge in [0, 0.05) is 13.2 Å². The third-order valence-corrected chi connectivity index (χ3v) is 1.98. The number of esters is 1. The molecule has 1 rings (SSSR count). The lowest BCUT2D eigenvalue weighted by Gasteiger charge is -2.12. The minimum absolute atomic E-state index is 0.0312. The molecule has 0 amide bonds. The normalized spacial score (nSPS) is 12.4. The summed E-state index contributed by atoms with van der Waals surface area (Å²) in [4.78, 5) is 11.5. The molecular weight excluding hydrogens is 224 g/mol. The van der Waals surface area contributed by atoms with Crippen molar-refractivity contribution in [3.05, 3.63) is 11.9 Å².